The zero-order valence-electron chi connectivity index (χ0n) is 7.93. The van der Waals surface area contributed by atoms with Crippen LogP contribution in [0.1, 0.15) is 0 Å². The molecular weight excluding hydrogens is 197 g/mol. The number of aliphatic hydroxyl groups excluding tert-OH is 1. The summed E-state index contributed by atoms with van der Waals surface area (Å²) in [5.41, 5.74) is 0. The molecule has 0 saturated carbocycles. The fourth-order valence-electron chi connectivity index (χ4n) is 1.57. The van der Waals surface area contributed by atoms with Crippen molar-refractivity contribution in [3.63, 3.8) is 0 Å². The first-order valence-electron chi connectivity index (χ1n) is 4.63. The van der Waals surface area contributed by atoms with Crippen molar-refractivity contribution in [3.05, 3.63) is 0 Å². The van der Waals surface area contributed by atoms with E-state index in [9.17, 15) is 13.2 Å². The van der Waals surface area contributed by atoms with Gasteiger partial charge in [0.15, 0.2) is 0 Å². The van der Waals surface area contributed by atoms with E-state index in [0.717, 1.165) is 0 Å². The van der Waals surface area contributed by atoms with E-state index in [1.54, 1.807) is 0 Å². The molecule has 0 bridgehead atoms. The molecule has 6 heteroatoms. The molecule has 0 unspecified atom stereocenters. The lowest BCUT2D eigenvalue weighted by Gasteiger charge is -2.34. The highest BCUT2D eigenvalue weighted by atomic mass is 19.4. The van der Waals surface area contributed by atoms with Gasteiger partial charge in [-0.05, 0) is 0 Å². The van der Waals surface area contributed by atoms with E-state index in [4.69, 9.17) is 5.11 Å². The molecule has 1 fully saturated rings. The zero-order chi connectivity index (χ0) is 10.6. The third-order valence-corrected chi connectivity index (χ3v) is 2.28. The van der Waals surface area contributed by atoms with Crippen molar-refractivity contribution in [1.82, 2.24) is 9.80 Å². The highest BCUT2D eigenvalue weighted by Crippen LogP contribution is 2.17. The minimum Gasteiger partial charge on any atom is -0.395 e. The molecule has 1 rings (SSSR count). The van der Waals surface area contributed by atoms with Crippen molar-refractivity contribution in [2.24, 2.45) is 0 Å². The number of aliphatic hydroxyl groups is 1. The Labute approximate surface area is 81.1 Å². The Morgan fingerprint density at radius 3 is 1.93 bits per heavy atom. The van der Waals surface area contributed by atoms with Gasteiger partial charge in [0.05, 0.1) is 13.2 Å². The molecule has 0 amide bonds. The Kier molecular flexibility index (Phi) is 4.15. The van der Waals surface area contributed by atoms with Gasteiger partial charge in [-0.2, -0.15) is 13.2 Å². The summed E-state index contributed by atoms with van der Waals surface area (Å²) in [6.45, 7) is 1.88. The van der Waals surface area contributed by atoms with Gasteiger partial charge >= 0.3 is 6.18 Å². The molecule has 3 nitrogen and oxygen atoms in total. The normalized spacial score (nSPS) is 21.4. The van der Waals surface area contributed by atoms with Gasteiger partial charge in [-0.15, -0.1) is 0 Å². The number of hydrogen-bond donors (Lipinski definition) is 1. The van der Waals surface area contributed by atoms with Crippen LogP contribution < -0.4 is 0 Å². The first-order chi connectivity index (χ1) is 6.51. The summed E-state index contributed by atoms with van der Waals surface area (Å²) in [7, 11) is 0. The monoisotopic (exact) mass is 212 g/mol. The summed E-state index contributed by atoms with van der Waals surface area (Å²) in [6, 6.07) is 0. The van der Waals surface area contributed by atoms with Crippen LogP contribution in [0.4, 0.5) is 13.2 Å². The minimum atomic E-state index is -4.10. The number of piperazine rings is 1. The van der Waals surface area contributed by atoms with Crippen LogP contribution in [0.5, 0.6) is 0 Å². The first-order valence-corrected chi connectivity index (χ1v) is 4.63. The van der Waals surface area contributed by atoms with Crippen LogP contribution in [0.15, 0.2) is 0 Å². The highest BCUT2D eigenvalue weighted by Gasteiger charge is 2.31. The van der Waals surface area contributed by atoms with Gasteiger partial charge in [-0.1, -0.05) is 0 Å². The quantitative estimate of drug-likeness (QED) is 0.722. The van der Waals surface area contributed by atoms with Gasteiger partial charge in [0.1, 0.15) is 0 Å². The molecule has 0 aromatic carbocycles. The number of rotatable bonds is 3. The Morgan fingerprint density at radius 2 is 1.50 bits per heavy atom. The Bertz CT molecular complexity index is 166. The van der Waals surface area contributed by atoms with Crippen molar-refractivity contribution in [2.45, 2.75) is 6.18 Å². The van der Waals surface area contributed by atoms with Crippen LogP contribution in [0.25, 0.3) is 0 Å². The number of alkyl halides is 3. The zero-order valence-corrected chi connectivity index (χ0v) is 7.93. The fourth-order valence-corrected chi connectivity index (χ4v) is 1.57. The van der Waals surface area contributed by atoms with Crippen LogP contribution in [-0.4, -0.2) is 67.0 Å². The van der Waals surface area contributed by atoms with Gasteiger partial charge in [-0.25, -0.2) is 0 Å². The molecule has 0 aromatic rings. The van der Waals surface area contributed by atoms with E-state index in [-0.39, 0.29) is 6.61 Å². The van der Waals surface area contributed by atoms with Crippen molar-refractivity contribution in [3.8, 4) is 0 Å². The van der Waals surface area contributed by atoms with Crippen LogP contribution in [0, 0.1) is 0 Å². The second-order valence-corrected chi connectivity index (χ2v) is 3.46. The topological polar surface area (TPSA) is 26.7 Å². The lowest BCUT2D eigenvalue weighted by molar-refractivity contribution is -0.149. The second-order valence-electron chi connectivity index (χ2n) is 3.46. The smallest absolute Gasteiger partial charge is 0.395 e. The van der Waals surface area contributed by atoms with E-state index in [2.05, 4.69) is 0 Å². The van der Waals surface area contributed by atoms with E-state index >= 15 is 0 Å². The molecule has 1 heterocycles. The molecular formula is C8H15F3N2O. The minimum absolute atomic E-state index is 0.0687. The molecule has 1 N–H and O–H groups in total. The summed E-state index contributed by atoms with van der Waals surface area (Å²) in [6.07, 6.45) is -4.10. The number of halogens is 3. The van der Waals surface area contributed by atoms with Crippen LogP contribution in [-0.2, 0) is 0 Å². The summed E-state index contributed by atoms with van der Waals surface area (Å²) in [5.74, 6) is 0. The summed E-state index contributed by atoms with van der Waals surface area (Å²) < 4.78 is 36.0. The number of hydrogen-bond acceptors (Lipinski definition) is 3. The van der Waals surface area contributed by atoms with E-state index in [0.29, 0.717) is 32.7 Å². The maximum Gasteiger partial charge on any atom is 0.401 e. The molecule has 0 aliphatic carbocycles. The Balaban J connectivity index is 2.22. The number of β-amino-alcohol motifs (C(OH)–C–C–N with tert-alkyl or cyclic N) is 1. The van der Waals surface area contributed by atoms with Gasteiger partial charge in [0, 0.05) is 32.7 Å². The average molecular weight is 212 g/mol. The first kappa shape index (κ1) is 11.7. The second kappa shape index (κ2) is 4.95. The van der Waals surface area contributed by atoms with E-state index in [1.165, 1.54) is 4.90 Å². The van der Waals surface area contributed by atoms with Gasteiger partial charge in [-0.3, -0.25) is 9.80 Å². The van der Waals surface area contributed by atoms with Gasteiger partial charge in [0.25, 0.3) is 0 Å². The number of nitrogens with zero attached hydrogens (tertiary/aromatic N) is 2. The molecule has 0 atom stereocenters. The van der Waals surface area contributed by atoms with Crippen molar-refractivity contribution in [1.29, 1.82) is 0 Å². The molecule has 1 aliphatic heterocycles. The van der Waals surface area contributed by atoms with Crippen LogP contribution in [0.3, 0.4) is 0 Å². The summed E-state index contributed by atoms with van der Waals surface area (Å²) in [4.78, 5) is 3.36. The maximum absolute atomic E-state index is 12.0. The standard InChI is InChI=1S/C8H15F3N2O/c9-8(10,11)7-13-3-1-12(2-4-13)5-6-14/h14H,1-7H2. The Morgan fingerprint density at radius 1 is 1.00 bits per heavy atom. The predicted octanol–water partition coefficient (Wildman–Crippen LogP) is 0.159. The third-order valence-electron chi connectivity index (χ3n) is 2.28. The van der Waals surface area contributed by atoms with E-state index < -0.39 is 12.7 Å². The van der Waals surface area contributed by atoms with Gasteiger partial charge < -0.3 is 5.11 Å². The average Bonchev–Trinajstić information content (AvgIpc) is 2.06. The molecule has 0 aromatic heterocycles. The largest absolute Gasteiger partial charge is 0.401 e. The highest BCUT2D eigenvalue weighted by molar-refractivity contribution is 4.73. The van der Waals surface area contributed by atoms with Crippen molar-refractivity contribution < 1.29 is 18.3 Å². The van der Waals surface area contributed by atoms with Gasteiger partial charge in [0.2, 0.25) is 0 Å². The summed E-state index contributed by atoms with van der Waals surface area (Å²) in [5, 5.41) is 8.64. The van der Waals surface area contributed by atoms with Crippen molar-refractivity contribution >= 4 is 0 Å². The maximum atomic E-state index is 12.0. The van der Waals surface area contributed by atoms with Crippen LogP contribution in [0.2, 0.25) is 0 Å². The lowest BCUT2D eigenvalue weighted by Crippen LogP contribution is -2.49. The summed E-state index contributed by atoms with van der Waals surface area (Å²) >= 11 is 0. The SMILES string of the molecule is OCCN1CCN(CC(F)(F)F)CC1. The Hall–Kier alpha value is -0.330. The fraction of sp³-hybridized carbons (Fsp3) is 1.00. The predicted molar refractivity (Wildman–Crippen MR) is 46.0 cm³/mol. The lowest BCUT2D eigenvalue weighted by atomic mass is 10.3. The molecule has 14 heavy (non-hydrogen) atoms. The third kappa shape index (κ3) is 4.26. The van der Waals surface area contributed by atoms with Crippen molar-refractivity contribution in [2.75, 3.05) is 45.9 Å². The molecule has 1 saturated heterocycles. The van der Waals surface area contributed by atoms with Crippen LogP contribution >= 0.6 is 0 Å². The molecule has 0 radical (unpaired) electrons. The molecule has 1 aliphatic rings. The van der Waals surface area contributed by atoms with E-state index in [1.807, 2.05) is 4.90 Å². The molecule has 0 spiro atoms. The molecule has 84 valence electrons.